The number of benzene rings is 1. The Balaban J connectivity index is 3.46. The maximum atomic E-state index is 10.7. The molecule has 1 atom stereocenters. The maximum Gasteiger partial charge on any atom is 0.281 e. The molecule has 0 aliphatic rings. The topological polar surface area (TPSA) is 133 Å². The molecule has 8 nitrogen and oxygen atoms in total. The molecule has 1 rings (SSSR count). The smallest absolute Gasteiger partial charge is 0.281 e. The van der Waals surface area contributed by atoms with Crippen molar-refractivity contribution in [2.45, 2.75) is 6.04 Å². The quantitative estimate of drug-likeness (QED) is 0.568. The lowest BCUT2D eigenvalue weighted by atomic mass is 10.0. The van der Waals surface area contributed by atoms with E-state index in [-0.39, 0.29) is 5.56 Å². The monoisotopic (exact) mass is 227 g/mol. The van der Waals surface area contributed by atoms with Crippen LogP contribution in [0, 0.1) is 20.2 Å². The van der Waals surface area contributed by atoms with Gasteiger partial charge >= 0.3 is 0 Å². The molecule has 0 radical (unpaired) electrons. The minimum atomic E-state index is -1.15. The van der Waals surface area contributed by atoms with Crippen LogP contribution in [-0.4, -0.2) is 21.6 Å². The standard InChI is InChI=1S/C8H9N3O5/c9-5(4-12)8-6(10(13)14)2-1-3-7(8)11(15)16/h1-3,5,12H,4,9H2/t5-/m1/s1. The van der Waals surface area contributed by atoms with Crippen molar-refractivity contribution in [3.8, 4) is 0 Å². The molecular formula is C8H9N3O5. The Labute approximate surface area is 89.6 Å². The summed E-state index contributed by atoms with van der Waals surface area (Å²) in [6.45, 7) is -0.605. The molecule has 86 valence electrons. The second-order valence-corrected chi connectivity index (χ2v) is 3.01. The van der Waals surface area contributed by atoms with E-state index in [0.717, 1.165) is 12.1 Å². The second-order valence-electron chi connectivity index (χ2n) is 3.01. The van der Waals surface area contributed by atoms with Crippen LogP contribution < -0.4 is 5.73 Å². The molecule has 0 aliphatic heterocycles. The molecule has 1 aromatic carbocycles. The Morgan fingerprint density at radius 1 is 1.25 bits per heavy atom. The average molecular weight is 227 g/mol. The Morgan fingerprint density at radius 3 is 2.00 bits per heavy atom. The highest BCUT2D eigenvalue weighted by atomic mass is 16.6. The van der Waals surface area contributed by atoms with E-state index < -0.39 is 33.9 Å². The summed E-state index contributed by atoms with van der Waals surface area (Å²) in [5, 5.41) is 30.2. The largest absolute Gasteiger partial charge is 0.394 e. The summed E-state index contributed by atoms with van der Waals surface area (Å²) in [6.07, 6.45) is 0. The highest BCUT2D eigenvalue weighted by molar-refractivity contribution is 5.55. The van der Waals surface area contributed by atoms with Gasteiger partial charge in [0.2, 0.25) is 0 Å². The lowest BCUT2D eigenvalue weighted by molar-refractivity contribution is -0.395. The van der Waals surface area contributed by atoms with E-state index in [1.807, 2.05) is 0 Å². The van der Waals surface area contributed by atoms with Crippen LogP contribution in [0.25, 0.3) is 0 Å². The van der Waals surface area contributed by atoms with Gasteiger partial charge in [-0.05, 0) is 6.07 Å². The van der Waals surface area contributed by atoms with Gasteiger partial charge in [0.1, 0.15) is 5.56 Å². The Bertz CT molecular complexity index is 401. The lowest BCUT2D eigenvalue weighted by Crippen LogP contribution is -2.17. The Kier molecular flexibility index (Phi) is 3.48. The number of hydrogen-bond donors (Lipinski definition) is 2. The van der Waals surface area contributed by atoms with Gasteiger partial charge in [-0.3, -0.25) is 20.2 Å². The first kappa shape index (κ1) is 12.0. The third kappa shape index (κ3) is 2.12. The normalized spacial score (nSPS) is 12.1. The van der Waals surface area contributed by atoms with Crippen molar-refractivity contribution >= 4 is 11.4 Å². The molecule has 0 saturated carbocycles. The molecule has 0 bridgehead atoms. The molecule has 0 fully saturated rings. The van der Waals surface area contributed by atoms with Crippen molar-refractivity contribution in [1.29, 1.82) is 0 Å². The number of nitrogens with zero attached hydrogens (tertiary/aromatic N) is 2. The van der Waals surface area contributed by atoms with Crippen LogP contribution in [0.4, 0.5) is 11.4 Å². The summed E-state index contributed by atoms with van der Waals surface area (Å²) >= 11 is 0. The summed E-state index contributed by atoms with van der Waals surface area (Å²) in [4.78, 5) is 19.8. The molecule has 3 N–H and O–H groups in total. The Morgan fingerprint density at radius 2 is 1.69 bits per heavy atom. The van der Waals surface area contributed by atoms with Crippen LogP contribution in [-0.2, 0) is 0 Å². The molecular weight excluding hydrogens is 218 g/mol. The van der Waals surface area contributed by atoms with Crippen molar-refractivity contribution in [2.75, 3.05) is 6.61 Å². The fourth-order valence-electron chi connectivity index (χ4n) is 1.33. The van der Waals surface area contributed by atoms with Gasteiger partial charge < -0.3 is 10.8 Å². The molecule has 0 heterocycles. The third-order valence-electron chi connectivity index (χ3n) is 2.02. The van der Waals surface area contributed by atoms with Crippen molar-refractivity contribution in [3.63, 3.8) is 0 Å². The number of hydrogen-bond acceptors (Lipinski definition) is 6. The lowest BCUT2D eigenvalue weighted by Gasteiger charge is -2.09. The van der Waals surface area contributed by atoms with Gasteiger partial charge in [0.25, 0.3) is 11.4 Å². The number of nitro groups is 2. The van der Waals surface area contributed by atoms with E-state index >= 15 is 0 Å². The van der Waals surface area contributed by atoms with Crippen molar-refractivity contribution in [3.05, 3.63) is 44.0 Å². The number of aliphatic hydroxyl groups excluding tert-OH is 1. The van der Waals surface area contributed by atoms with E-state index in [9.17, 15) is 20.2 Å². The van der Waals surface area contributed by atoms with E-state index in [0.29, 0.717) is 0 Å². The minimum Gasteiger partial charge on any atom is -0.394 e. The van der Waals surface area contributed by atoms with Crippen molar-refractivity contribution in [2.24, 2.45) is 5.73 Å². The minimum absolute atomic E-state index is 0.264. The summed E-state index contributed by atoms with van der Waals surface area (Å²) in [5.41, 5.74) is 4.22. The van der Waals surface area contributed by atoms with Crippen LogP contribution >= 0.6 is 0 Å². The molecule has 16 heavy (non-hydrogen) atoms. The van der Waals surface area contributed by atoms with E-state index in [2.05, 4.69) is 0 Å². The van der Waals surface area contributed by atoms with Gasteiger partial charge in [-0.1, -0.05) is 0 Å². The summed E-state index contributed by atoms with van der Waals surface area (Å²) in [6, 6.07) is 2.27. The highest BCUT2D eigenvalue weighted by Gasteiger charge is 2.28. The third-order valence-corrected chi connectivity index (χ3v) is 2.02. The molecule has 8 heteroatoms. The van der Waals surface area contributed by atoms with Gasteiger partial charge in [-0.2, -0.15) is 0 Å². The Hall–Kier alpha value is -2.06. The zero-order chi connectivity index (χ0) is 12.3. The van der Waals surface area contributed by atoms with E-state index in [4.69, 9.17) is 10.8 Å². The first-order chi connectivity index (χ1) is 7.49. The summed E-state index contributed by atoms with van der Waals surface area (Å²) < 4.78 is 0. The molecule has 0 aliphatic carbocycles. The number of nitrogens with two attached hydrogens (primary N) is 1. The second kappa shape index (κ2) is 4.64. The average Bonchev–Trinajstić information content (AvgIpc) is 2.26. The van der Waals surface area contributed by atoms with Gasteiger partial charge in [-0.15, -0.1) is 0 Å². The molecule has 0 aromatic heterocycles. The predicted molar refractivity (Wildman–Crippen MR) is 53.8 cm³/mol. The summed E-state index contributed by atoms with van der Waals surface area (Å²) in [5.74, 6) is 0. The first-order valence-electron chi connectivity index (χ1n) is 4.27. The van der Waals surface area contributed by atoms with Crippen LogP contribution in [0.5, 0.6) is 0 Å². The van der Waals surface area contributed by atoms with Crippen LogP contribution in [0.15, 0.2) is 18.2 Å². The molecule has 0 saturated heterocycles. The summed E-state index contributed by atoms with van der Waals surface area (Å²) in [7, 11) is 0. The van der Waals surface area contributed by atoms with E-state index in [1.54, 1.807) is 0 Å². The van der Waals surface area contributed by atoms with Crippen molar-refractivity contribution < 1.29 is 15.0 Å². The van der Waals surface area contributed by atoms with Gasteiger partial charge in [0.15, 0.2) is 0 Å². The molecule has 1 aromatic rings. The van der Waals surface area contributed by atoms with Crippen LogP contribution in [0.3, 0.4) is 0 Å². The number of nitro benzene ring substituents is 2. The fraction of sp³-hybridized carbons (Fsp3) is 0.250. The molecule has 0 spiro atoms. The number of rotatable bonds is 4. The van der Waals surface area contributed by atoms with Gasteiger partial charge in [-0.25, -0.2) is 0 Å². The van der Waals surface area contributed by atoms with Gasteiger partial charge in [0.05, 0.1) is 22.5 Å². The zero-order valence-corrected chi connectivity index (χ0v) is 8.07. The van der Waals surface area contributed by atoms with Gasteiger partial charge in [0, 0.05) is 12.1 Å². The molecule has 0 unspecified atom stereocenters. The highest BCUT2D eigenvalue weighted by Crippen LogP contribution is 2.32. The van der Waals surface area contributed by atoms with Crippen molar-refractivity contribution in [1.82, 2.24) is 0 Å². The van der Waals surface area contributed by atoms with Crippen LogP contribution in [0.2, 0.25) is 0 Å². The SMILES string of the molecule is N[C@H](CO)c1c([N+](=O)[O-])cccc1[N+](=O)[O-]. The maximum absolute atomic E-state index is 10.7. The number of aliphatic hydroxyl groups is 1. The van der Waals surface area contributed by atoms with E-state index in [1.165, 1.54) is 6.07 Å². The zero-order valence-electron chi connectivity index (χ0n) is 8.07. The first-order valence-corrected chi connectivity index (χ1v) is 4.27. The fourth-order valence-corrected chi connectivity index (χ4v) is 1.33. The van der Waals surface area contributed by atoms with Crippen LogP contribution in [0.1, 0.15) is 11.6 Å². The molecule has 0 amide bonds. The predicted octanol–water partition coefficient (Wildman–Crippen LogP) is 0.495.